The summed E-state index contributed by atoms with van der Waals surface area (Å²) in [5.74, 6) is -8.41. The molecule has 0 amide bonds. The number of Topliss-reactive ketones (excluding diaryl/α,β-unsaturated/α-hetero) is 1. The van der Waals surface area contributed by atoms with Crippen LogP contribution >= 0.6 is 0 Å². The fourth-order valence-corrected chi connectivity index (χ4v) is 0.730. The molecular formula is C14H22N2O14. The molecule has 0 aromatic carbocycles. The largest absolute Gasteiger partial charge is 0.481 e. The zero-order chi connectivity index (χ0) is 24.9. The van der Waals surface area contributed by atoms with Crippen LogP contribution in [-0.2, 0) is 38.4 Å². The Morgan fingerprint density at radius 3 is 1.30 bits per heavy atom. The van der Waals surface area contributed by atoms with Gasteiger partial charge in [-0.15, -0.1) is 0 Å². The van der Waals surface area contributed by atoms with Crippen molar-refractivity contribution in [2.24, 2.45) is 11.5 Å². The van der Waals surface area contributed by atoms with Gasteiger partial charge in [0.25, 0.3) is 0 Å². The summed E-state index contributed by atoms with van der Waals surface area (Å²) in [6, 6.07) is -1.06. The number of aldehydes is 1. The molecule has 0 bridgehead atoms. The minimum atomic E-state index is -1.58. The average Bonchev–Trinajstić information content (AvgIpc) is 2.64. The number of carboxylic acids is 6. The Bertz CT molecular complexity index is 616. The van der Waals surface area contributed by atoms with Crippen molar-refractivity contribution in [1.82, 2.24) is 0 Å². The lowest BCUT2D eigenvalue weighted by atomic mass is 10.2. The summed E-state index contributed by atoms with van der Waals surface area (Å²) in [6.07, 6.45) is -1.26. The predicted octanol–water partition coefficient (Wildman–Crippen LogP) is -2.93. The van der Waals surface area contributed by atoms with E-state index < -0.39 is 60.5 Å². The van der Waals surface area contributed by atoms with Gasteiger partial charge < -0.3 is 42.1 Å². The van der Waals surface area contributed by atoms with Gasteiger partial charge in [-0.2, -0.15) is 0 Å². The van der Waals surface area contributed by atoms with Gasteiger partial charge in [0, 0.05) is 12.8 Å². The van der Waals surface area contributed by atoms with E-state index in [1.807, 2.05) is 0 Å². The van der Waals surface area contributed by atoms with Crippen LogP contribution in [0.3, 0.4) is 0 Å². The maximum atomic E-state index is 10.2. The molecule has 10 N–H and O–H groups in total. The summed E-state index contributed by atoms with van der Waals surface area (Å²) in [6.45, 7) is -0.278. The first kappa shape index (κ1) is 33.6. The first-order valence-electron chi connectivity index (χ1n) is 7.40. The summed E-state index contributed by atoms with van der Waals surface area (Å²) in [7, 11) is 0. The number of carbonyl (C=O) groups is 8. The number of hydrogen-bond acceptors (Lipinski definition) is 10. The van der Waals surface area contributed by atoms with E-state index in [0.29, 0.717) is 0 Å². The van der Waals surface area contributed by atoms with E-state index in [0.717, 1.165) is 0 Å². The van der Waals surface area contributed by atoms with Crippen LogP contribution in [0.25, 0.3) is 0 Å². The van der Waals surface area contributed by atoms with E-state index in [1.54, 1.807) is 0 Å². The Morgan fingerprint density at radius 1 is 0.733 bits per heavy atom. The van der Waals surface area contributed by atoms with Crippen LogP contribution in [0.2, 0.25) is 0 Å². The quantitative estimate of drug-likeness (QED) is 0.124. The number of aliphatic carboxylic acids is 6. The van der Waals surface area contributed by atoms with Crippen LogP contribution in [-0.4, -0.2) is 91.1 Å². The molecule has 0 rings (SSSR count). The average molecular weight is 442 g/mol. The van der Waals surface area contributed by atoms with Gasteiger partial charge in [-0.1, -0.05) is 0 Å². The maximum Gasteiger partial charge on any atom is 0.372 e. The molecule has 0 aliphatic heterocycles. The zero-order valence-corrected chi connectivity index (χ0v) is 15.3. The van der Waals surface area contributed by atoms with E-state index in [9.17, 15) is 28.8 Å². The van der Waals surface area contributed by atoms with Gasteiger partial charge >= 0.3 is 35.8 Å². The standard InChI is InChI=1S/C5H9NO4.C5H6O5.C2H5NO2.C2H2O3/c2*6-3(5(9)10)1-2-4(7)8;2*3-1-2(4)5/h3H,1-2,6H2,(H,7,8)(H,9,10);1-2H2,(H,7,8)(H,9,10);1,3H2,(H,4,5);1H,(H,4,5). The molecule has 0 saturated heterocycles. The van der Waals surface area contributed by atoms with Crippen LogP contribution in [0.1, 0.15) is 25.7 Å². The molecule has 0 radical (unpaired) electrons. The van der Waals surface area contributed by atoms with Crippen molar-refractivity contribution in [3.05, 3.63) is 0 Å². The van der Waals surface area contributed by atoms with Gasteiger partial charge in [0.05, 0.1) is 13.0 Å². The Balaban J connectivity index is -0.000000159. The summed E-state index contributed by atoms with van der Waals surface area (Å²) in [4.78, 5) is 76.8. The summed E-state index contributed by atoms with van der Waals surface area (Å²) < 4.78 is 0. The van der Waals surface area contributed by atoms with Crippen molar-refractivity contribution in [2.75, 3.05) is 6.54 Å². The van der Waals surface area contributed by atoms with Crippen molar-refractivity contribution in [2.45, 2.75) is 31.7 Å². The van der Waals surface area contributed by atoms with Gasteiger partial charge in [-0.3, -0.25) is 28.8 Å². The van der Waals surface area contributed by atoms with E-state index in [1.165, 1.54) is 0 Å². The van der Waals surface area contributed by atoms with Crippen LogP contribution in [0, 0.1) is 0 Å². The molecule has 0 aliphatic rings. The van der Waals surface area contributed by atoms with Crippen molar-refractivity contribution < 1.29 is 69.0 Å². The molecule has 172 valence electrons. The highest BCUT2D eigenvalue weighted by Crippen LogP contribution is 1.93. The predicted molar refractivity (Wildman–Crippen MR) is 92.4 cm³/mol. The number of carbonyl (C=O) groups excluding carboxylic acids is 2. The second kappa shape index (κ2) is 21.4. The molecule has 1 atom stereocenters. The number of nitrogens with two attached hydrogens (primary N) is 2. The minimum absolute atomic E-state index is 0.0231. The monoisotopic (exact) mass is 442 g/mol. The molecule has 0 aromatic rings. The lowest BCUT2D eigenvalue weighted by Gasteiger charge is -2.01. The fraction of sp³-hybridized carbons (Fsp3) is 0.429. The minimum Gasteiger partial charge on any atom is -0.481 e. The molecule has 0 aliphatic carbocycles. The van der Waals surface area contributed by atoms with Crippen molar-refractivity contribution in [3.8, 4) is 0 Å². The number of hydrogen-bond donors (Lipinski definition) is 8. The highest BCUT2D eigenvalue weighted by atomic mass is 16.4. The lowest BCUT2D eigenvalue weighted by Crippen LogP contribution is -2.30. The van der Waals surface area contributed by atoms with Crippen molar-refractivity contribution >= 4 is 47.9 Å². The fourth-order valence-electron chi connectivity index (χ4n) is 0.730. The molecule has 16 heteroatoms. The van der Waals surface area contributed by atoms with Crippen LogP contribution in [0.5, 0.6) is 0 Å². The molecule has 30 heavy (non-hydrogen) atoms. The zero-order valence-electron chi connectivity index (χ0n) is 15.3. The summed E-state index contributed by atoms with van der Waals surface area (Å²) in [5.41, 5.74) is 9.57. The second-order valence-electron chi connectivity index (χ2n) is 4.55. The van der Waals surface area contributed by atoms with E-state index >= 15 is 0 Å². The Morgan fingerprint density at radius 2 is 1.10 bits per heavy atom. The Labute approximate surface area is 167 Å². The second-order valence-corrected chi connectivity index (χ2v) is 4.55. The van der Waals surface area contributed by atoms with Crippen LogP contribution in [0.15, 0.2) is 0 Å². The number of carboxylic acid groups (broad SMARTS) is 6. The molecular weight excluding hydrogens is 420 g/mol. The maximum absolute atomic E-state index is 10.2. The van der Waals surface area contributed by atoms with Gasteiger partial charge in [0.15, 0.2) is 0 Å². The first-order valence-corrected chi connectivity index (χ1v) is 7.40. The van der Waals surface area contributed by atoms with E-state index in [-0.39, 0.29) is 25.7 Å². The molecule has 0 aromatic heterocycles. The molecule has 0 spiro atoms. The summed E-state index contributed by atoms with van der Waals surface area (Å²) in [5, 5.41) is 47.2. The molecule has 0 heterocycles. The van der Waals surface area contributed by atoms with E-state index in [2.05, 4.69) is 5.73 Å². The number of rotatable bonds is 10. The third-order valence-corrected chi connectivity index (χ3v) is 2.07. The third kappa shape index (κ3) is 39.2. The highest BCUT2D eigenvalue weighted by molar-refractivity contribution is 6.32. The van der Waals surface area contributed by atoms with Gasteiger partial charge in [-0.25, -0.2) is 9.59 Å². The van der Waals surface area contributed by atoms with Gasteiger partial charge in [0.1, 0.15) is 6.04 Å². The topological polar surface area (TPSA) is 310 Å². The third-order valence-electron chi connectivity index (χ3n) is 2.07. The molecule has 0 saturated carbocycles. The lowest BCUT2D eigenvalue weighted by molar-refractivity contribution is -0.150. The van der Waals surface area contributed by atoms with Crippen LogP contribution in [0.4, 0.5) is 0 Å². The first-order chi connectivity index (χ1) is 13.6. The molecule has 1 unspecified atom stereocenters. The van der Waals surface area contributed by atoms with Crippen LogP contribution < -0.4 is 11.5 Å². The van der Waals surface area contributed by atoms with Gasteiger partial charge in [-0.05, 0) is 6.42 Å². The van der Waals surface area contributed by atoms with Crippen molar-refractivity contribution in [1.29, 1.82) is 0 Å². The molecule has 16 nitrogen and oxygen atoms in total. The normalized spacial score (nSPS) is 9.40. The smallest absolute Gasteiger partial charge is 0.372 e. The van der Waals surface area contributed by atoms with Crippen molar-refractivity contribution in [3.63, 3.8) is 0 Å². The van der Waals surface area contributed by atoms with E-state index in [4.69, 9.17) is 46.0 Å². The SMILES string of the molecule is NC(CCC(=O)O)C(=O)O.NCC(=O)O.O=C(O)CCC(=O)C(=O)O.O=CC(=O)O. The Hall–Kier alpha value is -3.92. The van der Waals surface area contributed by atoms with Gasteiger partial charge in [0.2, 0.25) is 12.1 Å². The molecule has 0 fully saturated rings. The highest BCUT2D eigenvalue weighted by Gasteiger charge is 2.12. The summed E-state index contributed by atoms with van der Waals surface area (Å²) >= 11 is 0. The Kier molecular flexibility index (Phi) is 24.0. The number of ketones is 1.